The van der Waals surface area contributed by atoms with Crippen LogP contribution in [0.3, 0.4) is 0 Å². The highest BCUT2D eigenvalue weighted by atomic mass is 19.1. The number of carbonyl (C=O) groups is 1. The van der Waals surface area contributed by atoms with Crippen LogP contribution >= 0.6 is 0 Å². The standard InChI is InChI=1S/C16H15FN6O2/c1-22(2)16-20-12(9-14(24)21-16)15(25)19-10-4-5-13(11(17)8-10)23-7-3-6-18-23/h3-9H,1-2H3,(H,19,25)(H,20,21,24). The third-order valence-electron chi connectivity index (χ3n) is 3.34. The van der Waals surface area contributed by atoms with Gasteiger partial charge in [-0.2, -0.15) is 5.10 Å². The Bertz CT molecular complexity index is 965. The van der Waals surface area contributed by atoms with E-state index in [9.17, 15) is 14.0 Å². The van der Waals surface area contributed by atoms with Gasteiger partial charge in [0.1, 0.15) is 11.4 Å². The number of hydrogen-bond donors (Lipinski definition) is 2. The van der Waals surface area contributed by atoms with Crippen molar-refractivity contribution in [1.82, 2.24) is 19.7 Å². The van der Waals surface area contributed by atoms with Gasteiger partial charge < -0.3 is 10.2 Å². The van der Waals surface area contributed by atoms with Crippen molar-refractivity contribution in [3.05, 3.63) is 64.6 Å². The van der Waals surface area contributed by atoms with Gasteiger partial charge in [-0.15, -0.1) is 0 Å². The minimum atomic E-state index is -0.611. The molecule has 25 heavy (non-hydrogen) atoms. The van der Waals surface area contributed by atoms with Crippen molar-refractivity contribution < 1.29 is 9.18 Å². The number of halogens is 1. The molecule has 1 aromatic carbocycles. The van der Waals surface area contributed by atoms with Crippen molar-refractivity contribution in [3.8, 4) is 5.69 Å². The molecular formula is C16H15FN6O2. The maximum atomic E-state index is 14.2. The Morgan fingerprint density at radius 3 is 2.76 bits per heavy atom. The van der Waals surface area contributed by atoms with Gasteiger partial charge in [0.15, 0.2) is 5.82 Å². The molecule has 2 heterocycles. The van der Waals surface area contributed by atoms with E-state index in [2.05, 4.69) is 20.4 Å². The van der Waals surface area contributed by atoms with Gasteiger partial charge in [-0.05, 0) is 24.3 Å². The Labute approximate surface area is 141 Å². The van der Waals surface area contributed by atoms with Crippen molar-refractivity contribution in [1.29, 1.82) is 0 Å². The third kappa shape index (κ3) is 3.55. The Balaban J connectivity index is 1.84. The lowest BCUT2D eigenvalue weighted by Gasteiger charge is -2.12. The zero-order valence-corrected chi connectivity index (χ0v) is 13.5. The largest absolute Gasteiger partial charge is 0.348 e. The molecule has 1 amide bonds. The summed E-state index contributed by atoms with van der Waals surface area (Å²) in [7, 11) is 3.37. The first-order valence-electron chi connectivity index (χ1n) is 7.33. The van der Waals surface area contributed by atoms with Crippen LogP contribution in [0.4, 0.5) is 16.0 Å². The van der Waals surface area contributed by atoms with Gasteiger partial charge in [-0.25, -0.2) is 14.1 Å². The zero-order chi connectivity index (χ0) is 18.0. The van der Waals surface area contributed by atoms with E-state index in [1.54, 1.807) is 31.3 Å². The first kappa shape index (κ1) is 16.4. The highest BCUT2D eigenvalue weighted by Gasteiger charge is 2.13. The number of amides is 1. The number of anilines is 2. The van der Waals surface area contributed by atoms with Crippen molar-refractivity contribution in [3.63, 3.8) is 0 Å². The molecule has 0 unspecified atom stereocenters. The molecule has 128 valence electrons. The van der Waals surface area contributed by atoms with Crippen LogP contribution in [0.1, 0.15) is 10.5 Å². The maximum Gasteiger partial charge on any atom is 0.274 e. The summed E-state index contributed by atoms with van der Waals surface area (Å²) in [6, 6.07) is 6.97. The summed E-state index contributed by atoms with van der Waals surface area (Å²) in [6.45, 7) is 0. The van der Waals surface area contributed by atoms with Crippen molar-refractivity contribution in [2.45, 2.75) is 0 Å². The summed E-state index contributed by atoms with van der Waals surface area (Å²) in [5.41, 5.74) is -0.0212. The molecule has 0 aliphatic heterocycles. The first-order chi connectivity index (χ1) is 11.9. The average Bonchev–Trinajstić information content (AvgIpc) is 3.08. The summed E-state index contributed by atoms with van der Waals surface area (Å²) in [6.07, 6.45) is 3.15. The van der Waals surface area contributed by atoms with Gasteiger partial charge in [0.25, 0.3) is 11.5 Å². The number of aromatic nitrogens is 4. The molecule has 2 N–H and O–H groups in total. The summed E-state index contributed by atoms with van der Waals surface area (Å²) >= 11 is 0. The van der Waals surface area contributed by atoms with Gasteiger partial charge in [0.2, 0.25) is 5.95 Å². The summed E-state index contributed by atoms with van der Waals surface area (Å²) in [5.74, 6) is -0.910. The molecule has 0 fully saturated rings. The van der Waals surface area contributed by atoms with Crippen LogP contribution in [-0.4, -0.2) is 39.8 Å². The molecule has 0 atom stereocenters. The van der Waals surface area contributed by atoms with Crippen LogP contribution in [0, 0.1) is 5.82 Å². The van der Waals surface area contributed by atoms with Gasteiger partial charge in [-0.3, -0.25) is 14.6 Å². The fourth-order valence-electron chi connectivity index (χ4n) is 2.15. The van der Waals surface area contributed by atoms with Crippen LogP contribution in [0.5, 0.6) is 0 Å². The Morgan fingerprint density at radius 1 is 1.32 bits per heavy atom. The van der Waals surface area contributed by atoms with E-state index in [1.807, 2.05) is 0 Å². The summed E-state index contributed by atoms with van der Waals surface area (Å²) < 4.78 is 15.6. The second kappa shape index (κ2) is 6.56. The number of carbonyl (C=O) groups excluding carboxylic acids is 1. The van der Waals surface area contributed by atoms with Crippen LogP contribution in [0.2, 0.25) is 0 Å². The van der Waals surface area contributed by atoms with Crippen molar-refractivity contribution in [2.75, 3.05) is 24.3 Å². The zero-order valence-electron chi connectivity index (χ0n) is 13.5. The Kier molecular flexibility index (Phi) is 4.29. The Morgan fingerprint density at radius 2 is 2.12 bits per heavy atom. The normalized spacial score (nSPS) is 10.5. The van der Waals surface area contributed by atoms with Crippen molar-refractivity contribution >= 4 is 17.5 Å². The molecule has 0 aliphatic carbocycles. The van der Waals surface area contributed by atoms with E-state index in [4.69, 9.17) is 0 Å². The van der Waals surface area contributed by atoms with Crippen LogP contribution in [0.25, 0.3) is 5.69 Å². The third-order valence-corrected chi connectivity index (χ3v) is 3.34. The van der Waals surface area contributed by atoms with Crippen LogP contribution in [0.15, 0.2) is 47.5 Å². The fourth-order valence-corrected chi connectivity index (χ4v) is 2.15. The van der Waals surface area contributed by atoms with Gasteiger partial charge >= 0.3 is 0 Å². The summed E-state index contributed by atoms with van der Waals surface area (Å²) in [4.78, 5) is 32.0. The summed E-state index contributed by atoms with van der Waals surface area (Å²) in [5, 5.41) is 6.48. The number of nitrogens with zero attached hydrogens (tertiary/aromatic N) is 4. The average molecular weight is 342 g/mol. The van der Waals surface area contributed by atoms with E-state index in [-0.39, 0.29) is 23.0 Å². The number of nitrogens with one attached hydrogen (secondary N) is 2. The molecule has 0 spiro atoms. The highest BCUT2D eigenvalue weighted by molar-refractivity contribution is 6.03. The number of rotatable bonds is 4. The maximum absolute atomic E-state index is 14.2. The van der Waals surface area contributed by atoms with Crippen LogP contribution in [-0.2, 0) is 0 Å². The SMILES string of the molecule is CN(C)c1nc(C(=O)Nc2ccc(-n3cccn3)c(F)c2)cc(=O)[nH]1. The van der Waals surface area contributed by atoms with Crippen LogP contribution < -0.4 is 15.8 Å². The number of aromatic amines is 1. The monoisotopic (exact) mass is 342 g/mol. The number of benzene rings is 1. The molecule has 0 radical (unpaired) electrons. The molecule has 0 saturated carbocycles. The van der Waals surface area contributed by atoms with E-state index >= 15 is 0 Å². The predicted octanol–water partition coefficient (Wildman–Crippen LogP) is 1.41. The van der Waals surface area contributed by atoms with Gasteiger partial charge in [0, 0.05) is 38.2 Å². The second-order valence-corrected chi connectivity index (χ2v) is 5.42. The molecule has 3 rings (SSSR count). The van der Waals surface area contributed by atoms with E-state index in [0.717, 1.165) is 6.07 Å². The molecular weight excluding hydrogens is 327 g/mol. The highest BCUT2D eigenvalue weighted by Crippen LogP contribution is 2.18. The smallest absolute Gasteiger partial charge is 0.274 e. The second-order valence-electron chi connectivity index (χ2n) is 5.42. The Hall–Kier alpha value is -3.49. The molecule has 2 aromatic heterocycles. The first-order valence-corrected chi connectivity index (χ1v) is 7.33. The minimum Gasteiger partial charge on any atom is -0.348 e. The van der Waals surface area contributed by atoms with E-state index in [1.165, 1.54) is 29.1 Å². The molecule has 8 nitrogen and oxygen atoms in total. The van der Waals surface area contributed by atoms with Gasteiger partial charge in [-0.1, -0.05) is 0 Å². The molecule has 0 bridgehead atoms. The lowest BCUT2D eigenvalue weighted by atomic mass is 10.2. The fraction of sp³-hybridized carbons (Fsp3) is 0.125. The van der Waals surface area contributed by atoms with E-state index < -0.39 is 17.3 Å². The molecule has 9 heteroatoms. The van der Waals surface area contributed by atoms with E-state index in [0.29, 0.717) is 0 Å². The lowest BCUT2D eigenvalue weighted by molar-refractivity contribution is 0.102. The topological polar surface area (TPSA) is 95.9 Å². The lowest BCUT2D eigenvalue weighted by Crippen LogP contribution is -2.23. The number of H-pyrrole nitrogens is 1. The number of hydrogen-bond acceptors (Lipinski definition) is 5. The van der Waals surface area contributed by atoms with Crippen molar-refractivity contribution in [2.24, 2.45) is 0 Å². The molecule has 0 aliphatic rings. The minimum absolute atomic E-state index is 0.0657. The quantitative estimate of drug-likeness (QED) is 0.747. The molecule has 0 saturated heterocycles. The predicted molar refractivity (Wildman–Crippen MR) is 90.7 cm³/mol. The van der Waals surface area contributed by atoms with Gasteiger partial charge in [0.05, 0.1) is 0 Å². The molecule has 3 aromatic rings.